The summed E-state index contributed by atoms with van der Waals surface area (Å²) in [5.41, 5.74) is 0.605. The molecule has 1 aromatic carbocycles. The molecule has 0 amide bonds. The first-order valence-electron chi connectivity index (χ1n) is 6.31. The van der Waals surface area contributed by atoms with Crippen LogP contribution in [0.25, 0.3) is 0 Å². The van der Waals surface area contributed by atoms with Gasteiger partial charge >= 0.3 is 5.97 Å². The Balaban J connectivity index is 3.07. The summed E-state index contributed by atoms with van der Waals surface area (Å²) in [6.07, 6.45) is 0.186. The zero-order chi connectivity index (χ0) is 15.8. The van der Waals surface area contributed by atoms with E-state index in [4.69, 9.17) is 4.74 Å². The molecule has 0 fully saturated rings. The molecule has 7 nitrogen and oxygen atoms in total. The molecule has 0 radical (unpaired) electrons. The summed E-state index contributed by atoms with van der Waals surface area (Å²) in [6.45, 7) is 0. The molecule has 0 aliphatic rings. The van der Waals surface area contributed by atoms with Crippen LogP contribution >= 0.6 is 0 Å². The number of rotatable bonds is 8. The normalized spacial score (nSPS) is 13.0. The summed E-state index contributed by atoms with van der Waals surface area (Å²) in [4.78, 5) is 32.8. The Morgan fingerprint density at radius 1 is 1.33 bits per heavy atom. The maximum Gasteiger partial charge on any atom is 0.312 e. The van der Waals surface area contributed by atoms with Gasteiger partial charge in [-0.2, -0.15) is 0 Å². The number of nitro groups is 1. The van der Waals surface area contributed by atoms with Gasteiger partial charge in [0.1, 0.15) is 18.5 Å². The van der Waals surface area contributed by atoms with Crippen molar-refractivity contribution in [2.45, 2.75) is 24.8 Å². The molecule has 0 bridgehead atoms. The second-order valence-electron chi connectivity index (χ2n) is 4.41. The van der Waals surface area contributed by atoms with Crippen LogP contribution in [-0.4, -0.2) is 37.4 Å². The van der Waals surface area contributed by atoms with E-state index in [0.717, 1.165) is 0 Å². The van der Waals surface area contributed by atoms with Gasteiger partial charge in [-0.25, -0.2) is 0 Å². The molecule has 0 N–H and O–H groups in total. The predicted molar refractivity (Wildman–Crippen MR) is 73.8 cm³/mol. The van der Waals surface area contributed by atoms with E-state index in [1.54, 1.807) is 24.3 Å². The van der Waals surface area contributed by atoms with E-state index in [0.29, 0.717) is 17.6 Å². The second kappa shape index (κ2) is 7.98. The number of esters is 1. The van der Waals surface area contributed by atoms with Crippen molar-refractivity contribution in [2.75, 3.05) is 14.2 Å². The minimum absolute atomic E-state index is 0.0467. The zero-order valence-electron chi connectivity index (χ0n) is 11.9. The first-order chi connectivity index (χ1) is 10.0. The molecule has 0 aliphatic carbocycles. The lowest BCUT2D eigenvalue weighted by molar-refractivity contribution is -0.525. The van der Waals surface area contributed by atoms with Crippen molar-refractivity contribution >= 4 is 12.3 Å². The molecule has 7 heteroatoms. The molecule has 0 unspecified atom stereocenters. The summed E-state index contributed by atoms with van der Waals surface area (Å²) in [5.74, 6) is -0.766. The average Bonchev–Trinajstić information content (AvgIpc) is 2.50. The molecule has 1 aromatic rings. The summed E-state index contributed by atoms with van der Waals surface area (Å²) in [7, 11) is 2.68. The van der Waals surface area contributed by atoms with E-state index in [9.17, 15) is 19.7 Å². The molecule has 0 spiro atoms. The van der Waals surface area contributed by atoms with Gasteiger partial charge in [0.05, 0.1) is 20.1 Å². The maximum absolute atomic E-state index is 11.3. The van der Waals surface area contributed by atoms with E-state index in [-0.39, 0.29) is 12.8 Å². The number of benzene rings is 1. The molecule has 0 saturated heterocycles. The highest BCUT2D eigenvalue weighted by Crippen LogP contribution is 2.28. The predicted octanol–water partition coefficient (Wildman–Crippen LogP) is 1.58. The zero-order valence-corrected chi connectivity index (χ0v) is 11.9. The van der Waals surface area contributed by atoms with Crippen molar-refractivity contribution in [3.05, 3.63) is 39.9 Å². The Bertz CT molecular complexity index is 499. The molecule has 0 aromatic heterocycles. The van der Waals surface area contributed by atoms with Crippen LogP contribution in [0.15, 0.2) is 24.3 Å². The number of nitrogens with zero attached hydrogens (tertiary/aromatic N) is 1. The van der Waals surface area contributed by atoms with Gasteiger partial charge < -0.3 is 14.3 Å². The first-order valence-corrected chi connectivity index (χ1v) is 6.31. The Morgan fingerprint density at radius 2 is 1.95 bits per heavy atom. The molecule has 0 heterocycles. The van der Waals surface area contributed by atoms with Gasteiger partial charge in [-0.1, -0.05) is 12.1 Å². The fourth-order valence-corrected chi connectivity index (χ4v) is 2.09. The quantitative estimate of drug-likeness (QED) is 0.313. The van der Waals surface area contributed by atoms with E-state index in [2.05, 4.69) is 4.74 Å². The maximum atomic E-state index is 11.3. The largest absolute Gasteiger partial charge is 0.497 e. The smallest absolute Gasteiger partial charge is 0.312 e. The Morgan fingerprint density at radius 3 is 2.38 bits per heavy atom. The van der Waals surface area contributed by atoms with E-state index in [1.807, 2.05) is 0 Å². The van der Waals surface area contributed by atoms with Crippen LogP contribution in [-0.2, 0) is 14.3 Å². The molecule has 21 heavy (non-hydrogen) atoms. The topological polar surface area (TPSA) is 95.7 Å². The lowest BCUT2D eigenvalue weighted by atomic mass is 9.87. The van der Waals surface area contributed by atoms with Crippen LogP contribution in [0.1, 0.15) is 24.3 Å². The number of carbonyl (C=O) groups excluding carboxylic acids is 2. The molecule has 1 rings (SSSR count). The fourth-order valence-electron chi connectivity index (χ4n) is 2.09. The van der Waals surface area contributed by atoms with Crippen LogP contribution in [0.5, 0.6) is 5.75 Å². The van der Waals surface area contributed by atoms with Crippen LogP contribution in [0.3, 0.4) is 0 Å². The highest BCUT2D eigenvalue weighted by Gasteiger charge is 2.35. The second-order valence-corrected chi connectivity index (χ2v) is 4.41. The first kappa shape index (κ1) is 16.6. The van der Waals surface area contributed by atoms with Gasteiger partial charge in [0.25, 0.3) is 0 Å². The van der Waals surface area contributed by atoms with Gasteiger partial charge in [0.15, 0.2) is 0 Å². The number of hydrogen-bond donors (Lipinski definition) is 0. The molecular weight excluding hydrogens is 278 g/mol. The minimum atomic E-state index is -1.21. The summed E-state index contributed by atoms with van der Waals surface area (Å²) in [5, 5.41) is 11.2. The van der Waals surface area contributed by atoms with Crippen LogP contribution in [0.2, 0.25) is 0 Å². The van der Waals surface area contributed by atoms with Crippen molar-refractivity contribution in [1.82, 2.24) is 0 Å². The van der Waals surface area contributed by atoms with Crippen LogP contribution < -0.4 is 4.74 Å². The number of hydrogen-bond acceptors (Lipinski definition) is 6. The van der Waals surface area contributed by atoms with Crippen molar-refractivity contribution < 1.29 is 24.0 Å². The number of ether oxygens (including phenoxy) is 2. The SMILES string of the molecule is COC(=O)C[C@@H]([C@@H](CC=O)c1ccc(OC)cc1)[N+](=O)[O-]. The fraction of sp³-hybridized carbons (Fsp3) is 0.429. The number of methoxy groups -OCH3 is 2. The lowest BCUT2D eigenvalue weighted by Gasteiger charge is -2.19. The third kappa shape index (κ3) is 4.55. The highest BCUT2D eigenvalue weighted by molar-refractivity contribution is 5.70. The third-order valence-corrected chi connectivity index (χ3v) is 3.23. The van der Waals surface area contributed by atoms with Gasteiger partial charge in [-0.05, 0) is 17.7 Å². The van der Waals surface area contributed by atoms with Gasteiger partial charge in [0, 0.05) is 11.3 Å². The monoisotopic (exact) mass is 295 g/mol. The van der Waals surface area contributed by atoms with E-state index < -0.39 is 22.9 Å². The number of carbonyl (C=O) groups is 2. The van der Waals surface area contributed by atoms with Gasteiger partial charge in [-0.3, -0.25) is 14.9 Å². The molecule has 114 valence electrons. The molecule has 2 atom stereocenters. The Kier molecular flexibility index (Phi) is 6.32. The summed E-state index contributed by atoms with van der Waals surface area (Å²) >= 11 is 0. The van der Waals surface area contributed by atoms with Crippen LogP contribution in [0.4, 0.5) is 0 Å². The van der Waals surface area contributed by atoms with E-state index >= 15 is 0 Å². The third-order valence-electron chi connectivity index (χ3n) is 3.23. The van der Waals surface area contributed by atoms with Gasteiger partial charge in [-0.15, -0.1) is 0 Å². The molecular formula is C14H17NO6. The van der Waals surface area contributed by atoms with Crippen molar-refractivity contribution in [1.29, 1.82) is 0 Å². The lowest BCUT2D eigenvalue weighted by Crippen LogP contribution is -2.31. The van der Waals surface area contributed by atoms with Crippen molar-refractivity contribution in [2.24, 2.45) is 0 Å². The van der Waals surface area contributed by atoms with Crippen molar-refractivity contribution in [3.8, 4) is 5.75 Å². The van der Waals surface area contributed by atoms with Crippen molar-refractivity contribution in [3.63, 3.8) is 0 Å². The standard InChI is InChI=1S/C14H17NO6/c1-20-11-5-3-10(4-6-11)12(7-8-16)13(15(18)19)9-14(17)21-2/h3-6,8,12-13H,7,9H2,1-2H3/t12-,13-/m0/s1. The number of aldehydes is 1. The Hall–Kier alpha value is -2.44. The average molecular weight is 295 g/mol. The highest BCUT2D eigenvalue weighted by atomic mass is 16.6. The molecule has 0 aliphatic heterocycles. The molecule has 0 saturated carbocycles. The minimum Gasteiger partial charge on any atom is -0.497 e. The van der Waals surface area contributed by atoms with E-state index in [1.165, 1.54) is 14.2 Å². The van der Waals surface area contributed by atoms with Crippen LogP contribution in [0, 0.1) is 10.1 Å². The summed E-state index contributed by atoms with van der Waals surface area (Å²) in [6, 6.07) is 5.41. The summed E-state index contributed by atoms with van der Waals surface area (Å²) < 4.78 is 9.50. The Labute approximate surface area is 122 Å². The van der Waals surface area contributed by atoms with Gasteiger partial charge in [0.2, 0.25) is 6.04 Å².